The van der Waals surface area contributed by atoms with Gasteiger partial charge in [0.15, 0.2) is 0 Å². The smallest absolute Gasteiger partial charge is 0.210 e. The zero-order chi connectivity index (χ0) is 13.5. The highest BCUT2D eigenvalue weighted by molar-refractivity contribution is 6.76. The second-order valence-electron chi connectivity index (χ2n) is 7.89. The fraction of sp³-hybridized carbons (Fsp3) is 0.882. The van der Waals surface area contributed by atoms with Crippen molar-refractivity contribution in [3.8, 4) is 0 Å². The number of hydrogen-bond donors (Lipinski definition) is 0. The second-order valence-corrected chi connectivity index (χ2v) is 11.8. The van der Waals surface area contributed by atoms with Gasteiger partial charge in [0.25, 0.3) is 0 Å². The Kier molecular flexibility index (Phi) is 3.92. The minimum atomic E-state index is -1.53. The highest BCUT2D eigenvalue weighted by Crippen LogP contribution is 2.57. The molecule has 0 radical (unpaired) electrons. The van der Waals surface area contributed by atoms with Crippen LogP contribution in [0.25, 0.3) is 0 Å². The summed E-state index contributed by atoms with van der Waals surface area (Å²) in [7, 11) is -1.53. The van der Waals surface area contributed by atoms with Gasteiger partial charge in [0, 0.05) is 6.61 Å². The molecule has 4 rings (SSSR count). The van der Waals surface area contributed by atoms with Crippen LogP contribution in [0.15, 0.2) is 12.3 Å². The van der Waals surface area contributed by atoms with Gasteiger partial charge in [0.05, 0.1) is 0 Å². The topological polar surface area (TPSA) is 9.23 Å². The maximum atomic E-state index is 6.04. The molecule has 108 valence electrons. The summed E-state index contributed by atoms with van der Waals surface area (Å²) in [4.78, 5) is 0. The maximum Gasteiger partial charge on any atom is 0.210 e. The van der Waals surface area contributed by atoms with Crippen molar-refractivity contribution in [2.24, 2.45) is 29.6 Å². The second kappa shape index (κ2) is 5.36. The molecular weight excluding hydrogens is 248 g/mol. The molecule has 4 aliphatic rings. The van der Waals surface area contributed by atoms with Crippen molar-refractivity contribution in [1.82, 2.24) is 0 Å². The molecule has 0 amide bonds. The van der Waals surface area contributed by atoms with Gasteiger partial charge in [-0.3, -0.25) is 0 Å². The summed E-state index contributed by atoms with van der Waals surface area (Å²) in [5.41, 5.74) is 2.05. The Morgan fingerprint density at radius 1 is 1.05 bits per heavy atom. The molecule has 0 atom stereocenters. The van der Waals surface area contributed by atoms with Gasteiger partial charge < -0.3 is 4.43 Å². The fourth-order valence-corrected chi connectivity index (χ4v) is 6.01. The van der Waals surface area contributed by atoms with E-state index >= 15 is 0 Å². The Balaban J connectivity index is 1.45. The number of rotatable bonds is 6. The molecule has 2 heteroatoms. The largest absolute Gasteiger partial charge is 0.414 e. The summed E-state index contributed by atoms with van der Waals surface area (Å²) in [6, 6.07) is 0. The van der Waals surface area contributed by atoms with E-state index in [9.17, 15) is 0 Å². The molecule has 0 unspecified atom stereocenters. The van der Waals surface area contributed by atoms with Gasteiger partial charge in [-0.2, -0.15) is 0 Å². The summed E-state index contributed by atoms with van der Waals surface area (Å²) in [6.45, 7) is 9.34. The molecule has 0 N–H and O–H groups in total. The minimum absolute atomic E-state index is 0.966. The molecule has 4 bridgehead atoms. The molecule has 0 aromatic heterocycles. The van der Waals surface area contributed by atoms with Gasteiger partial charge in [-0.05, 0) is 87.6 Å². The van der Waals surface area contributed by atoms with Crippen LogP contribution in [-0.2, 0) is 4.43 Å². The lowest BCUT2D eigenvalue weighted by Gasteiger charge is -2.54. The molecule has 0 saturated heterocycles. The lowest BCUT2D eigenvalue weighted by Crippen LogP contribution is -2.45. The zero-order valence-electron chi connectivity index (χ0n) is 12.7. The van der Waals surface area contributed by atoms with Crippen molar-refractivity contribution >= 4 is 8.32 Å². The first kappa shape index (κ1) is 13.9. The van der Waals surface area contributed by atoms with Crippen LogP contribution in [0.4, 0.5) is 0 Å². The van der Waals surface area contributed by atoms with E-state index in [1.54, 1.807) is 32.1 Å². The van der Waals surface area contributed by atoms with E-state index in [1.807, 2.05) is 0 Å². The Hall–Kier alpha value is -0.0831. The van der Waals surface area contributed by atoms with Gasteiger partial charge in [-0.1, -0.05) is 5.70 Å². The van der Waals surface area contributed by atoms with Crippen molar-refractivity contribution in [1.29, 1.82) is 0 Å². The molecule has 1 nitrogen and oxygen atoms in total. The van der Waals surface area contributed by atoms with Gasteiger partial charge in [-0.25, -0.2) is 0 Å². The highest BCUT2D eigenvalue weighted by Gasteiger charge is 2.47. The van der Waals surface area contributed by atoms with E-state index in [2.05, 4.69) is 25.4 Å². The third-order valence-corrected chi connectivity index (χ3v) is 8.00. The van der Waals surface area contributed by atoms with Crippen molar-refractivity contribution in [3.05, 3.63) is 12.3 Å². The highest BCUT2D eigenvalue weighted by atomic mass is 28.4. The van der Waals surface area contributed by atoms with Crippen LogP contribution in [0.1, 0.15) is 44.9 Å². The van der Waals surface area contributed by atoms with Gasteiger partial charge in [0.1, 0.15) is 0 Å². The summed E-state index contributed by atoms with van der Waals surface area (Å²) >= 11 is 0. The lowest BCUT2D eigenvalue weighted by atomic mass is 9.51. The minimum Gasteiger partial charge on any atom is -0.414 e. The predicted octanol–water partition coefficient (Wildman–Crippen LogP) is 4.79. The van der Waals surface area contributed by atoms with Crippen LogP contribution in [0.3, 0.4) is 0 Å². The van der Waals surface area contributed by atoms with Crippen LogP contribution in [-0.4, -0.2) is 14.9 Å². The standard InChI is InChI=1S/C17H30OSi/c1-4-19(2,3)18-7-5-6-17-15-9-13-8-14(11-15)12-16(17)10-13/h4,13-17H,1,5-12H2,2-3H3. The molecule has 0 heterocycles. The van der Waals surface area contributed by atoms with E-state index in [1.165, 1.54) is 12.8 Å². The van der Waals surface area contributed by atoms with E-state index in [-0.39, 0.29) is 0 Å². The molecule has 0 aromatic carbocycles. The predicted molar refractivity (Wildman–Crippen MR) is 83.4 cm³/mol. The monoisotopic (exact) mass is 278 g/mol. The Morgan fingerprint density at radius 3 is 2.16 bits per heavy atom. The zero-order valence-corrected chi connectivity index (χ0v) is 13.7. The van der Waals surface area contributed by atoms with Crippen LogP contribution in [0.2, 0.25) is 13.1 Å². The van der Waals surface area contributed by atoms with Gasteiger partial charge in [-0.15, -0.1) is 6.58 Å². The molecule has 0 aromatic rings. The van der Waals surface area contributed by atoms with Crippen LogP contribution in [0.5, 0.6) is 0 Å². The molecule has 4 aliphatic carbocycles. The van der Waals surface area contributed by atoms with E-state index in [0.717, 1.165) is 36.2 Å². The first-order valence-corrected chi connectivity index (χ1v) is 11.3. The molecule has 0 aliphatic heterocycles. The van der Waals surface area contributed by atoms with Gasteiger partial charge >= 0.3 is 0 Å². The summed E-state index contributed by atoms with van der Waals surface area (Å²) in [5, 5.41) is 0. The van der Waals surface area contributed by atoms with E-state index < -0.39 is 8.32 Å². The third-order valence-electron chi connectivity index (χ3n) is 6.07. The lowest BCUT2D eigenvalue weighted by molar-refractivity contribution is -0.0412. The summed E-state index contributed by atoms with van der Waals surface area (Å²) < 4.78 is 6.04. The number of hydrogen-bond acceptors (Lipinski definition) is 1. The van der Waals surface area contributed by atoms with Crippen molar-refractivity contribution in [3.63, 3.8) is 0 Å². The normalized spacial score (nSPS) is 40.6. The maximum absolute atomic E-state index is 6.04. The Labute approximate surface area is 119 Å². The Morgan fingerprint density at radius 2 is 1.63 bits per heavy atom. The molecule has 0 spiro atoms. The first-order valence-electron chi connectivity index (χ1n) is 8.35. The van der Waals surface area contributed by atoms with Crippen LogP contribution >= 0.6 is 0 Å². The average molecular weight is 279 g/mol. The van der Waals surface area contributed by atoms with Crippen molar-refractivity contribution in [2.75, 3.05) is 6.61 Å². The molecular formula is C17H30OSi. The fourth-order valence-electron chi connectivity index (χ4n) is 5.22. The quantitative estimate of drug-likeness (QED) is 0.501. The first-order chi connectivity index (χ1) is 9.07. The molecule has 19 heavy (non-hydrogen) atoms. The van der Waals surface area contributed by atoms with Crippen molar-refractivity contribution in [2.45, 2.75) is 58.0 Å². The average Bonchev–Trinajstić information content (AvgIpc) is 2.36. The summed E-state index contributed by atoms with van der Waals surface area (Å²) in [5.74, 6) is 5.44. The molecule has 4 saturated carbocycles. The summed E-state index contributed by atoms with van der Waals surface area (Å²) in [6.07, 6.45) is 10.5. The van der Waals surface area contributed by atoms with E-state index in [4.69, 9.17) is 4.43 Å². The molecule has 4 fully saturated rings. The van der Waals surface area contributed by atoms with Crippen LogP contribution < -0.4 is 0 Å². The Bertz CT molecular complexity index is 308. The third kappa shape index (κ3) is 3.00. The van der Waals surface area contributed by atoms with Crippen LogP contribution in [0, 0.1) is 29.6 Å². The van der Waals surface area contributed by atoms with E-state index in [0.29, 0.717) is 0 Å². The van der Waals surface area contributed by atoms with Crippen molar-refractivity contribution < 1.29 is 4.43 Å². The van der Waals surface area contributed by atoms with Gasteiger partial charge in [0.2, 0.25) is 8.32 Å². The SMILES string of the molecule is C=C[Si](C)(C)OCCCC1C2CC3CC(C2)CC1C3.